The van der Waals surface area contributed by atoms with E-state index in [-0.39, 0.29) is 6.61 Å². The van der Waals surface area contributed by atoms with Crippen LogP contribution in [0.15, 0.2) is 36.4 Å². The molecule has 0 bridgehead atoms. The van der Waals surface area contributed by atoms with Gasteiger partial charge in [-0.1, -0.05) is 0 Å². The molecule has 2 N–H and O–H groups in total. The molecule has 0 heterocycles. The average molecular weight is 411 g/mol. The molecule has 2 aromatic rings. The summed E-state index contributed by atoms with van der Waals surface area (Å²) in [6.45, 7) is 1.74. The number of methoxy groups -OCH3 is 4. The van der Waals surface area contributed by atoms with E-state index >= 15 is 0 Å². The molecular weight excluding hydrogens is 385 g/mol. The molecule has 2 rings (SSSR count). The highest BCUT2D eigenvalue weighted by molar-refractivity contribution is 7.53. The lowest BCUT2D eigenvalue weighted by Crippen LogP contribution is -2.14. The number of rotatable bonds is 10. The van der Waals surface area contributed by atoms with Gasteiger partial charge >= 0.3 is 7.60 Å². The average Bonchev–Trinajstić information content (AvgIpc) is 2.71. The van der Waals surface area contributed by atoms with Crippen LogP contribution >= 0.6 is 7.60 Å². The molecule has 0 aliphatic carbocycles. The lowest BCUT2D eigenvalue weighted by Gasteiger charge is -2.26. The Bertz CT molecular complexity index is 801. The van der Waals surface area contributed by atoms with Gasteiger partial charge in [-0.25, -0.2) is 0 Å². The summed E-state index contributed by atoms with van der Waals surface area (Å²) in [7, 11) is 1.93. The van der Waals surface area contributed by atoms with Crippen molar-refractivity contribution in [1.29, 1.82) is 0 Å². The third-order valence-corrected chi connectivity index (χ3v) is 5.74. The van der Waals surface area contributed by atoms with Crippen LogP contribution in [0.1, 0.15) is 18.3 Å². The fraction of sp³-hybridized carbons (Fsp3) is 0.368. The van der Waals surface area contributed by atoms with Gasteiger partial charge in [0.1, 0.15) is 5.75 Å². The summed E-state index contributed by atoms with van der Waals surface area (Å²) >= 11 is 0. The smallest absolute Gasteiger partial charge is 0.354 e. The minimum absolute atomic E-state index is 0.0823. The van der Waals surface area contributed by atoms with Crippen molar-refractivity contribution in [2.24, 2.45) is 0 Å². The van der Waals surface area contributed by atoms with E-state index in [9.17, 15) is 9.46 Å². The third kappa shape index (κ3) is 4.90. The molecule has 154 valence electrons. The van der Waals surface area contributed by atoms with Crippen LogP contribution in [0.4, 0.5) is 5.69 Å². The second-order valence-electron chi connectivity index (χ2n) is 5.72. The van der Waals surface area contributed by atoms with Crippen LogP contribution in [0.25, 0.3) is 0 Å². The van der Waals surface area contributed by atoms with E-state index in [1.807, 2.05) is 0 Å². The van der Waals surface area contributed by atoms with Gasteiger partial charge in [0.15, 0.2) is 17.3 Å². The Morgan fingerprint density at radius 2 is 1.54 bits per heavy atom. The Labute approximate surface area is 164 Å². The standard InChI is InChI=1S/C19H26NO7P/c1-6-27-28(21,22)19(20-14-7-9-15(23-2)10-8-14)13-11-16(24-3)18(26-5)17(12-13)25-4/h7-12,19-20H,6H2,1-5H3,(H,21,22). The Kier molecular flexibility index (Phi) is 7.57. The minimum Gasteiger partial charge on any atom is -0.497 e. The van der Waals surface area contributed by atoms with Crippen molar-refractivity contribution in [1.82, 2.24) is 0 Å². The number of anilines is 1. The Balaban J connectivity index is 2.53. The molecule has 0 aliphatic heterocycles. The lowest BCUT2D eigenvalue weighted by molar-refractivity contribution is 0.266. The quantitative estimate of drug-likeness (QED) is 0.566. The van der Waals surface area contributed by atoms with Crippen molar-refractivity contribution in [2.75, 3.05) is 40.4 Å². The first-order valence-electron chi connectivity index (χ1n) is 8.57. The van der Waals surface area contributed by atoms with Crippen molar-refractivity contribution in [3.05, 3.63) is 42.0 Å². The number of hydrogen-bond donors (Lipinski definition) is 2. The molecule has 0 aliphatic rings. The van der Waals surface area contributed by atoms with Gasteiger partial charge in [-0.15, -0.1) is 0 Å². The molecule has 0 spiro atoms. The van der Waals surface area contributed by atoms with Crippen molar-refractivity contribution in [3.63, 3.8) is 0 Å². The molecule has 9 heteroatoms. The van der Waals surface area contributed by atoms with Crippen molar-refractivity contribution in [2.45, 2.75) is 12.7 Å². The Morgan fingerprint density at radius 1 is 0.964 bits per heavy atom. The molecule has 8 nitrogen and oxygen atoms in total. The van der Waals surface area contributed by atoms with Gasteiger partial charge in [0.05, 0.1) is 35.0 Å². The molecule has 2 unspecified atom stereocenters. The zero-order chi connectivity index (χ0) is 20.7. The van der Waals surface area contributed by atoms with Gasteiger partial charge in [0.2, 0.25) is 5.75 Å². The van der Waals surface area contributed by atoms with Crippen LogP contribution < -0.4 is 24.3 Å². The molecule has 28 heavy (non-hydrogen) atoms. The number of hydrogen-bond acceptors (Lipinski definition) is 7. The molecular formula is C19H26NO7P. The predicted octanol–water partition coefficient (Wildman–Crippen LogP) is 4.05. The zero-order valence-electron chi connectivity index (χ0n) is 16.6. The topological polar surface area (TPSA) is 95.5 Å². The highest BCUT2D eigenvalue weighted by Crippen LogP contribution is 2.58. The molecule has 2 aromatic carbocycles. The molecule has 2 atom stereocenters. The summed E-state index contributed by atoms with van der Waals surface area (Å²) in [6, 6.07) is 10.2. The summed E-state index contributed by atoms with van der Waals surface area (Å²) in [5.74, 6) is 0.743. The SMILES string of the molecule is CCOP(=O)(O)C(Nc1ccc(OC)cc1)c1cc(OC)c(OC)c(OC)c1. The van der Waals surface area contributed by atoms with Crippen molar-refractivity contribution in [3.8, 4) is 23.0 Å². The van der Waals surface area contributed by atoms with E-state index in [2.05, 4.69) is 5.32 Å². The number of ether oxygens (including phenoxy) is 4. The van der Waals surface area contributed by atoms with Crippen LogP contribution in [0.2, 0.25) is 0 Å². The van der Waals surface area contributed by atoms with Crippen LogP contribution in [-0.2, 0) is 9.09 Å². The first-order chi connectivity index (χ1) is 13.4. The van der Waals surface area contributed by atoms with E-state index < -0.39 is 13.4 Å². The maximum Gasteiger partial charge on any atom is 0.354 e. The maximum absolute atomic E-state index is 12.9. The minimum atomic E-state index is -4.09. The highest BCUT2D eigenvalue weighted by atomic mass is 31.2. The second kappa shape index (κ2) is 9.68. The monoisotopic (exact) mass is 411 g/mol. The molecule has 0 fully saturated rings. The van der Waals surface area contributed by atoms with Crippen LogP contribution in [0.3, 0.4) is 0 Å². The van der Waals surface area contributed by atoms with E-state index in [1.165, 1.54) is 21.3 Å². The Hall–Kier alpha value is -2.41. The summed E-state index contributed by atoms with van der Waals surface area (Å²) in [4.78, 5) is 10.6. The van der Waals surface area contributed by atoms with Crippen molar-refractivity contribution < 1.29 is 32.9 Å². The van der Waals surface area contributed by atoms with Gasteiger partial charge in [-0.3, -0.25) is 4.57 Å². The molecule has 0 aromatic heterocycles. The Morgan fingerprint density at radius 3 is 1.96 bits per heavy atom. The van der Waals surface area contributed by atoms with E-state index in [4.69, 9.17) is 23.5 Å². The van der Waals surface area contributed by atoms with Crippen molar-refractivity contribution >= 4 is 13.3 Å². The zero-order valence-corrected chi connectivity index (χ0v) is 17.5. The summed E-state index contributed by atoms with van der Waals surface area (Å²) in [5, 5.41) is 3.07. The van der Waals surface area contributed by atoms with Gasteiger partial charge in [-0.05, 0) is 48.9 Å². The lowest BCUT2D eigenvalue weighted by atomic mass is 10.1. The molecule has 0 saturated carbocycles. The molecule has 0 saturated heterocycles. The number of benzene rings is 2. The summed E-state index contributed by atoms with van der Waals surface area (Å²) < 4.78 is 39.3. The van der Waals surface area contributed by atoms with E-state index in [0.717, 1.165) is 0 Å². The first kappa shape index (κ1) is 21.9. The van der Waals surface area contributed by atoms with Gasteiger partial charge in [-0.2, -0.15) is 0 Å². The van der Waals surface area contributed by atoms with Crippen LogP contribution in [0, 0.1) is 0 Å². The third-order valence-electron chi connectivity index (χ3n) is 4.04. The van der Waals surface area contributed by atoms with Crippen LogP contribution in [0.5, 0.6) is 23.0 Å². The fourth-order valence-corrected chi connectivity index (χ4v) is 4.07. The largest absolute Gasteiger partial charge is 0.497 e. The van der Waals surface area contributed by atoms with E-state index in [1.54, 1.807) is 50.4 Å². The molecule has 0 amide bonds. The fourth-order valence-electron chi connectivity index (χ4n) is 2.72. The van der Waals surface area contributed by atoms with Crippen LogP contribution in [-0.4, -0.2) is 39.9 Å². The van der Waals surface area contributed by atoms with Gasteiger partial charge < -0.3 is 33.7 Å². The molecule has 0 radical (unpaired) electrons. The maximum atomic E-state index is 12.9. The number of nitrogens with one attached hydrogen (secondary N) is 1. The van der Waals surface area contributed by atoms with Gasteiger partial charge in [0, 0.05) is 5.69 Å². The highest BCUT2D eigenvalue weighted by Gasteiger charge is 2.35. The summed E-state index contributed by atoms with van der Waals surface area (Å²) in [6.07, 6.45) is 0. The first-order valence-corrected chi connectivity index (χ1v) is 10.2. The van der Waals surface area contributed by atoms with Gasteiger partial charge in [0.25, 0.3) is 0 Å². The van der Waals surface area contributed by atoms with E-state index in [0.29, 0.717) is 34.2 Å². The predicted molar refractivity (Wildman–Crippen MR) is 107 cm³/mol. The summed E-state index contributed by atoms with van der Waals surface area (Å²) in [5.41, 5.74) is 1.07. The second-order valence-corrected chi connectivity index (χ2v) is 7.62. The normalized spacial score (nSPS) is 13.9.